The lowest BCUT2D eigenvalue weighted by Crippen LogP contribution is -2.30. The predicted molar refractivity (Wildman–Crippen MR) is 84.9 cm³/mol. The number of carbonyl (C=O) groups excluding carboxylic acids is 1. The Morgan fingerprint density at radius 3 is 2.50 bits per heavy atom. The number of para-hydroxylation sites is 1. The average molecular weight is 277 g/mol. The summed E-state index contributed by atoms with van der Waals surface area (Å²) in [6.07, 6.45) is 0.963. The normalized spacial score (nSPS) is 10.6. The third-order valence-electron chi connectivity index (χ3n) is 3.32. The Balaban J connectivity index is 2.59. The van der Waals surface area contributed by atoms with Crippen LogP contribution in [0.4, 0.5) is 5.69 Å². The topological polar surface area (TPSA) is 44.4 Å². The van der Waals surface area contributed by atoms with E-state index in [0.29, 0.717) is 6.54 Å². The highest BCUT2D eigenvalue weighted by atomic mass is 16.1. The zero-order chi connectivity index (χ0) is 14.8. The fraction of sp³-hybridized carbons (Fsp3) is 0.562. The summed E-state index contributed by atoms with van der Waals surface area (Å²) >= 11 is 0. The first kappa shape index (κ1) is 16.5. The van der Waals surface area contributed by atoms with Crippen molar-refractivity contribution in [1.29, 1.82) is 0 Å². The van der Waals surface area contributed by atoms with Gasteiger partial charge in [-0.25, -0.2) is 0 Å². The Labute approximate surface area is 122 Å². The van der Waals surface area contributed by atoms with Crippen molar-refractivity contribution >= 4 is 11.6 Å². The smallest absolute Gasteiger partial charge is 0.239 e. The zero-order valence-corrected chi connectivity index (χ0v) is 12.9. The van der Waals surface area contributed by atoms with Crippen LogP contribution in [0.1, 0.15) is 32.8 Å². The molecule has 4 nitrogen and oxygen atoms in total. The van der Waals surface area contributed by atoms with Gasteiger partial charge in [0.1, 0.15) is 0 Å². The van der Waals surface area contributed by atoms with E-state index in [1.807, 2.05) is 25.1 Å². The minimum Gasteiger partial charge on any atom is -0.376 e. The number of benzene rings is 1. The van der Waals surface area contributed by atoms with E-state index in [1.54, 1.807) is 0 Å². The SMILES string of the molecule is CCCNC(=O)CNc1ccccc1CN(CC)CC. The number of anilines is 1. The fourth-order valence-corrected chi connectivity index (χ4v) is 2.02. The molecule has 0 radical (unpaired) electrons. The van der Waals surface area contributed by atoms with E-state index in [1.165, 1.54) is 5.56 Å². The fourth-order valence-electron chi connectivity index (χ4n) is 2.02. The van der Waals surface area contributed by atoms with Gasteiger partial charge >= 0.3 is 0 Å². The van der Waals surface area contributed by atoms with Crippen molar-refractivity contribution in [2.75, 3.05) is 31.5 Å². The van der Waals surface area contributed by atoms with Gasteiger partial charge in [-0.2, -0.15) is 0 Å². The van der Waals surface area contributed by atoms with Gasteiger partial charge in [-0.3, -0.25) is 9.69 Å². The Morgan fingerprint density at radius 1 is 1.15 bits per heavy atom. The molecule has 0 atom stereocenters. The molecule has 1 aromatic rings. The van der Waals surface area contributed by atoms with Gasteiger partial charge < -0.3 is 10.6 Å². The molecule has 0 heterocycles. The molecule has 0 aromatic heterocycles. The highest BCUT2D eigenvalue weighted by Gasteiger charge is 2.07. The second-order valence-electron chi connectivity index (χ2n) is 4.82. The van der Waals surface area contributed by atoms with Crippen LogP contribution in [0.15, 0.2) is 24.3 Å². The van der Waals surface area contributed by atoms with Crippen molar-refractivity contribution in [3.05, 3.63) is 29.8 Å². The van der Waals surface area contributed by atoms with E-state index in [-0.39, 0.29) is 5.91 Å². The summed E-state index contributed by atoms with van der Waals surface area (Å²) in [7, 11) is 0. The number of carbonyl (C=O) groups is 1. The van der Waals surface area contributed by atoms with Gasteiger partial charge in [-0.05, 0) is 31.1 Å². The van der Waals surface area contributed by atoms with Gasteiger partial charge in [0, 0.05) is 18.8 Å². The van der Waals surface area contributed by atoms with Crippen LogP contribution < -0.4 is 10.6 Å². The molecular weight excluding hydrogens is 250 g/mol. The molecule has 1 aromatic carbocycles. The molecule has 0 aliphatic rings. The highest BCUT2D eigenvalue weighted by molar-refractivity contribution is 5.80. The number of nitrogens with zero attached hydrogens (tertiary/aromatic N) is 1. The minimum atomic E-state index is 0.0458. The third-order valence-corrected chi connectivity index (χ3v) is 3.32. The number of hydrogen-bond donors (Lipinski definition) is 2. The minimum absolute atomic E-state index is 0.0458. The Bertz CT molecular complexity index is 402. The van der Waals surface area contributed by atoms with Crippen LogP contribution in [0.5, 0.6) is 0 Å². The molecule has 0 aliphatic carbocycles. The number of hydrogen-bond acceptors (Lipinski definition) is 3. The molecule has 0 spiro atoms. The third kappa shape index (κ3) is 5.61. The van der Waals surface area contributed by atoms with E-state index in [0.717, 1.165) is 38.3 Å². The quantitative estimate of drug-likeness (QED) is 0.729. The van der Waals surface area contributed by atoms with Gasteiger partial charge in [0.2, 0.25) is 5.91 Å². The number of rotatable bonds is 9. The van der Waals surface area contributed by atoms with Crippen molar-refractivity contribution in [3.8, 4) is 0 Å². The lowest BCUT2D eigenvalue weighted by molar-refractivity contribution is -0.119. The molecule has 0 fully saturated rings. The predicted octanol–water partition coefficient (Wildman–Crippen LogP) is 2.47. The molecule has 2 N–H and O–H groups in total. The van der Waals surface area contributed by atoms with Crippen LogP contribution in [0, 0.1) is 0 Å². The van der Waals surface area contributed by atoms with Crippen LogP contribution in [0.3, 0.4) is 0 Å². The maximum absolute atomic E-state index is 11.6. The average Bonchev–Trinajstić information content (AvgIpc) is 2.49. The summed E-state index contributed by atoms with van der Waals surface area (Å²) in [5.74, 6) is 0.0458. The van der Waals surface area contributed by atoms with Crippen LogP contribution in [-0.2, 0) is 11.3 Å². The first-order valence-electron chi connectivity index (χ1n) is 7.52. The lowest BCUT2D eigenvalue weighted by Gasteiger charge is -2.20. The molecule has 0 saturated heterocycles. The Hall–Kier alpha value is -1.55. The molecule has 112 valence electrons. The van der Waals surface area contributed by atoms with E-state index in [4.69, 9.17) is 0 Å². The van der Waals surface area contributed by atoms with Gasteiger partial charge in [-0.1, -0.05) is 39.0 Å². The highest BCUT2D eigenvalue weighted by Crippen LogP contribution is 2.16. The van der Waals surface area contributed by atoms with E-state index in [2.05, 4.69) is 35.4 Å². The summed E-state index contributed by atoms with van der Waals surface area (Å²) < 4.78 is 0. The standard InChI is InChI=1S/C16H27N3O/c1-4-11-17-16(20)12-18-15-10-8-7-9-14(15)13-19(5-2)6-3/h7-10,18H,4-6,11-13H2,1-3H3,(H,17,20). The molecule has 0 bridgehead atoms. The van der Waals surface area contributed by atoms with Crippen molar-refractivity contribution in [1.82, 2.24) is 10.2 Å². The molecule has 1 amide bonds. The first-order chi connectivity index (χ1) is 9.71. The van der Waals surface area contributed by atoms with Crippen molar-refractivity contribution in [3.63, 3.8) is 0 Å². The van der Waals surface area contributed by atoms with Crippen LogP contribution in [0.2, 0.25) is 0 Å². The molecule has 1 rings (SSSR count). The zero-order valence-electron chi connectivity index (χ0n) is 12.9. The number of amides is 1. The summed E-state index contributed by atoms with van der Waals surface area (Å²) in [5, 5.41) is 6.11. The summed E-state index contributed by atoms with van der Waals surface area (Å²) in [5.41, 5.74) is 2.28. The molecule has 0 aliphatic heterocycles. The summed E-state index contributed by atoms with van der Waals surface area (Å²) in [6, 6.07) is 8.19. The van der Waals surface area contributed by atoms with Gasteiger partial charge in [0.05, 0.1) is 6.54 Å². The Morgan fingerprint density at radius 2 is 1.85 bits per heavy atom. The second kappa shape index (κ2) is 9.37. The van der Waals surface area contributed by atoms with Gasteiger partial charge in [0.15, 0.2) is 0 Å². The van der Waals surface area contributed by atoms with Gasteiger partial charge in [0.25, 0.3) is 0 Å². The second-order valence-corrected chi connectivity index (χ2v) is 4.82. The summed E-state index contributed by atoms with van der Waals surface area (Å²) in [4.78, 5) is 14.0. The maximum atomic E-state index is 11.6. The van der Waals surface area contributed by atoms with Crippen molar-refractivity contribution < 1.29 is 4.79 Å². The lowest BCUT2D eigenvalue weighted by atomic mass is 10.1. The molecule has 0 saturated carbocycles. The largest absolute Gasteiger partial charge is 0.376 e. The Kier molecular flexibility index (Phi) is 7.73. The van der Waals surface area contributed by atoms with E-state index >= 15 is 0 Å². The van der Waals surface area contributed by atoms with E-state index in [9.17, 15) is 4.79 Å². The maximum Gasteiger partial charge on any atom is 0.239 e. The van der Waals surface area contributed by atoms with Crippen LogP contribution >= 0.6 is 0 Å². The van der Waals surface area contributed by atoms with Crippen LogP contribution in [0.25, 0.3) is 0 Å². The van der Waals surface area contributed by atoms with Crippen LogP contribution in [-0.4, -0.2) is 37.0 Å². The summed E-state index contributed by atoms with van der Waals surface area (Å²) in [6.45, 7) is 10.4. The van der Waals surface area contributed by atoms with Crippen molar-refractivity contribution in [2.45, 2.75) is 33.7 Å². The first-order valence-corrected chi connectivity index (χ1v) is 7.52. The monoisotopic (exact) mass is 277 g/mol. The molecular formula is C16H27N3O. The molecule has 0 unspecified atom stereocenters. The molecule has 20 heavy (non-hydrogen) atoms. The van der Waals surface area contributed by atoms with Gasteiger partial charge in [-0.15, -0.1) is 0 Å². The number of nitrogens with one attached hydrogen (secondary N) is 2. The van der Waals surface area contributed by atoms with Crippen molar-refractivity contribution in [2.24, 2.45) is 0 Å². The van der Waals surface area contributed by atoms with E-state index < -0.39 is 0 Å². The molecule has 4 heteroatoms.